The number of ether oxygens (including phenoxy) is 1. The van der Waals surface area contributed by atoms with Gasteiger partial charge in [0.15, 0.2) is 0 Å². The lowest BCUT2D eigenvalue weighted by Gasteiger charge is -2.11. The predicted octanol–water partition coefficient (Wildman–Crippen LogP) is 3.30. The number of aliphatic carboxylic acids is 1. The van der Waals surface area contributed by atoms with Crippen molar-refractivity contribution < 1.29 is 24.1 Å². The molecule has 2 N–H and O–H groups in total. The Kier molecular flexibility index (Phi) is 5.49. The summed E-state index contributed by atoms with van der Waals surface area (Å²) in [4.78, 5) is 10.5. The summed E-state index contributed by atoms with van der Waals surface area (Å²) in [6, 6.07) is 12.9. The summed E-state index contributed by atoms with van der Waals surface area (Å²) in [5.74, 6) is -0.597. The van der Waals surface area contributed by atoms with Crippen molar-refractivity contribution in [1.29, 1.82) is 0 Å². The Morgan fingerprint density at radius 1 is 1.09 bits per heavy atom. The summed E-state index contributed by atoms with van der Waals surface area (Å²) < 4.78 is 18.3. The van der Waals surface area contributed by atoms with E-state index in [2.05, 4.69) is 0 Å². The van der Waals surface area contributed by atoms with Crippen LogP contribution in [0.3, 0.4) is 0 Å². The summed E-state index contributed by atoms with van der Waals surface area (Å²) in [6.45, 7) is 0.321. The van der Waals surface area contributed by atoms with E-state index in [9.17, 15) is 14.3 Å². The molecular formula is C17H17FO4. The van der Waals surface area contributed by atoms with E-state index in [1.807, 2.05) is 0 Å². The van der Waals surface area contributed by atoms with Gasteiger partial charge in [0.1, 0.15) is 18.2 Å². The normalized spacial score (nSPS) is 11.9. The van der Waals surface area contributed by atoms with Crippen LogP contribution in [-0.2, 0) is 11.4 Å². The summed E-state index contributed by atoms with van der Waals surface area (Å²) in [6.07, 6.45) is -0.711. The van der Waals surface area contributed by atoms with Crippen molar-refractivity contribution in [3.63, 3.8) is 0 Å². The smallest absolute Gasteiger partial charge is 0.303 e. The number of carboxylic acids is 1. The number of hydrogen-bond acceptors (Lipinski definition) is 3. The first-order valence-corrected chi connectivity index (χ1v) is 6.91. The van der Waals surface area contributed by atoms with E-state index in [0.29, 0.717) is 17.9 Å². The first-order valence-electron chi connectivity index (χ1n) is 6.91. The van der Waals surface area contributed by atoms with Crippen molar-refractivity contribution in [2.45, 2.75) is 25.6 Å². The van der Waals surface area contributed by atoms with Crippen LogP contribution in [0.4, 0.5) is 4.39 Å². The molecular weight excluding hydrogens is 287 g/mol. The van der Waals surface area contributed by atoms with Gasteiger partial charge in [-0.3, -0.25) is 4.79 Å². The summed E-state index contributed by atoms with van der Waals surface area (Å²) in [5.41, 5.74) is 1.50. The van der Waals surface area contributed by atoms with Gasteiger partial charge in [-0.15, -0.1) is 0 Å². The Hall–Kier alpha value is -2.40. The molecule has 0 aliphatic carbocycles. The summed E-state index contributed by atoms with van der Waals surface area (Å²) in [5, 5.41) is 18.4. The lowest BCUT2D eigenvalue weighted by Crippen LogP contribution is -2.02. The topological polar surface area (TPSA) is 66.8 Å². The fourth-order valence-electron chi connectivity index (χ4n) is 1.96. The number of aliphatic hydroxyl groups is 1. The third-order valence-corrected chi connectivity index (χ3v) is 3.22. The van der Waals surface area contributed by atoms with Crippen LogP contribution >= 0.6 is 0 Å². The SMILES string of the molecule is O=C(O)CCC(O)c1ccc(OCc2ccc(F)cc2)cc1. The largest absolute Gasteiger partial charge is 0.489 e. The minimum absolute atomic E-state index is 0.0794. The van der Waals surface area contributed by atoms with E-state index in [4.69, 9.17) is 9.84 Å². The van der Waals surface area contributed by atoms with E-state index in [0.717, 1.165) is 5.56 Å². The maximum Gasteiger partial charge on any atom is 0.303 e. The standard InChI is InChI=1S/C17H17FO4/c18-14-5-1-12(2-6-14)11-22-15-7-3-13(4-8-15)16(19)9-10-17(20)21/h1-8,16,19H,9-11H2,(H,20,21). The minimum Gasteiger partial charge on any atom is -0.489 e. The maximum absolute atomic E-state index is 12.8. The Labute approximate surface area is 127 Å². The second-order valence-corrected chi connectivity index (χ2v) is 4.93. The van der Waals surface area contributed by atoms with Crippen molar-refractivity contribution >= 4 is 5.97 Å². The molecule has 5 heteroatoms. The molecule has 1 atom stereocenters. The molecule has 22 heavy (non-hydrogen) atoms. The van der Waals surface area contributed by atoms with Gasteiger partial charge < -0.3 is 14.9 Å². The van der Waals surface area contributed by atoms with E-state index in [1.165, 1.54) is 12.1 Å². The molecule has 2 aromatic carbocycles. The van der Waals surface area contributed by atoms with Gasteiger partial charge >= 0.3 is 5.97 Å². The second-order valence-electron chi connectivity index (χ2n) is 4.93. The first-order chi connectivity index (χ1) is 10.5. The molecule has 0 bridgehead atoms. The van der Waals surface area contributed by atoms with E-state index < -0.39 is 12.1 Å². The molecule has 0 heterocycles. The van der Waals surface area contributed by atoms with Gasteiger partial charge in [0.05, 0.1) is 6.10 Å². The van der Waals surface area contributed by atoms with Crippen molar-refractivity contribution in [3.8, 4) is 5.75 Å². The number of halogens is 1. The Bertz CT molecular complexity index is 608. The van der Waals surface area contributed by atoms with E-state index in [1.54, 1.807) is 36.4 Å². The highest BCUT2D eigenvalue weighted by Crippen LogP contribution is 2.22. The zero-order chi connectivity index (χ0) is 15.9. The number of rotatable bonds is 7. The van der Waals surface area contributed by atoms with Gasteiger partial charge in [-0.1, -0.05) is 24.3 Å². The van der Waals surface area contributed by atoms with Crippen molar-refractivity contribution in [2.75, 3.05) is 0 Å². The van der Waals surface area contributed by atoms with Crippen LogP contribution in [0.25, 0.3) is 0 Å². The minimum atomic E-state index is -0.932. The molecule has 0 fully saturated rings. The van der Waals surface area contributed by atoms with Crippen molar-refractivity contribution in [1.82, 2.24) is 0 Å². The fraction of sp³-hybridized carbons (Fsp3) is 0.235. The number of benzene rings is 2. The zero-order valence-electron chi connectivity index (χ0n) is 11.9. The van der Waals surface area contributed by atoms with Crippen LogP contribution in [0.1, 0.15) is 30.1 Å². The van der Waals surface area contributed by atoms with Crippen LogP contribution in [0.15, 0.2) is 48.5 Å². The third kappa shape index (κ3) is 4.86. The zero-order valence-corrected chi connectivity index (χ0v) is 11.9. The van der Waals surface area contributed by atoms with E-state index >= 15 is 0 Å². The lowest BCUT2D eigenvalue weighted by molar-refractivity contribution is -0.137. The van der Waals surface area contributed by atoms with Crippen molar-refractivity contribution in [2.24, 2.45) is 0 Å². The Morgan fingerprint density at radius 3 is 2.32 bits per heavy atom. The molecule has 0 amide bonds. The average molecular weight is 304 g/mol. The van der Waals surface area contributed by atoms with Crippen LogP contribution in [0, 0.1) is 5.82 Å². The molecule has 2 rings (SSSR count). The molecule has 0 aliphatic heterocycles. The van der Waals surface area contributed by atoms with Gasteiger partial charge in [-0.25, -0.2) is 4.39 Å². The maximum atomic E-state index is 12.8. The average Bonchev–Trinajstić information content (AvgIpc) is 2.52. The molecule has 0 radical (unpaired) electrons. The molecule has 0 saturated carbocycles. The highest BCUT2D eigenvalue weighted by molar-refractivity contribution is 5.66. The number of hydrogen-bond donors (Lipinski definition) is 2. The Morgan fingerprint density at radius 2 is 1.73 bits per heavy atom. The number of carboxylic acid groups (broad SMARTS) is 1. The Balaban J connectivity index is 1.88. The molecule has 0 aromatic heterocycles. The van der Waals surface area contributed by atoms with E-state index in [-0.39, 0.29) is 18.7 Å². The third-order valence-electron chi connectivity index (χ3n) is 3.22. The molecule has 2 aromatic rings. The first kappa shape index (κ1) is 16.0. The lowest BCUT2D eigenvalue weighted by atomic mass is 10.1. The van der Waals surface area contributed by atoms with Crippen LogP contribution in [0.5, 0.6) is 5.75 Å². The van der Waals surface area contributed by atoms with Gasteiger partial charge in [-0.05, 0) is 41.8 Å². The fourth-order valence-corrected chi connectivity index (χ4v) is 1.96. The van der Waals surface area contributed by atoms with Gasteiger partial charge in [0, 0.05) is 6.42 Å². The molecule has 4 nitrogen and oxygen atoms in total. The molecule has 116 valence electrons. The highest BCUT2D eigenvalue weighted by atomic mass is 19.1. The van der Waals surface area contributed by atoms with Gasteiger partial charge in [-0.2, -0.15) is 0 Å². The molecule has 0 spiro atoms. The monoisotopic (exact) mass is 304 g/mol. The summed E-state index contributed by atoms with van der Waals surface area (Å²) >= 11 is 0. The second kappa shape index (κ2) is 7.56. The van der Waals surface area contributed by atoms with Crippen LogP contribution in [-0.4, -0.2) is 16.2 Å². The number of carbonyl (C=O) groups is 1. The van der Waals surface area contributed by atoms with Crippen molar-refractivity contribution in [3.05, 3.63) is 65.5 Å². The molecule has 1 unspecified atom stereocenters. The van der Waals surface area contributed by atoms with Gasteiger partial charge in [0.25, 0.3) is 0 Å². The quantitative estimate of drug-likeness (QED) is 0.823. The molecule has 0 saturated heterocycles. The van der Waals surface area contributed by atoms with Crippen LogP contribution in [0.2, 0.25) is 0 Å². The van der Waals surface area contributed by atoms with Gasteiger partial charge in [0.2, 0.25) is 0 Å². The predicted molar refractivity (Wildman–Crippen MR) is 79.0 cm³/mol. The van der Waals surface area contributed by atoms with Crippen LogP contribution < -0.4 is 4.74 Å². The number of aliphatic hydroxyl groups excluding tert-OH is 1. The highest BCUT2D eigenvalue weighted by Gasteiger charge is 2.09. The summed E-state index contributed by atoms with van der Waals surface area (Å²) in [7, 11) is 0. The molecule has 0 aliphatic rings.